The molecule has 0 aliphatic heterocycles. The Kier molecular flexibility index (Phi) is 5.92. The predicted octanol–water partition coefficient (Wildman–Crippen LogP) is 3.32. The fraction of sp³-hybridized carbons (Fsp3) is 0.105. The van der Waals surface area contributed by atoms with Gasteiger partial charge in [0.05, 0.1) is 12.3 Å². The normalized spacial score (nSPS) is 11.2. The van der Waals surface area contributed by atoms with E-state index in [0.29, 0.717) is 23.5 Å². The molecule has 2 N–H and O–H groups in total. The third-order valence-corrected chi connectivity index (χ3v) is 5.29. The lowest BCUT2D eigenvalue weighted by atomic mass is 10.2. The van der Waals surface area contributed by atoms with Crippen molar-refractivity contribution >= 4 is 21.7 Å². The van der Waals surface area contributed by atoms with E-state index < -0.39 is 38.9 Å². The molecule has 3 rings (SSSR count). The third kappa shape index (κ3) is 4.35. The summed E-state index contributed by atoms with van der Waals surface area (Å²) in [6.07, 6.45) is 3.05. The Morgan fingerprint density at radius 1 is 1.13 bits per heavy atom. The maximum atomic E-state index is 13.9. The van der Waals surface area contributed by atoms with E-state index in [1.165, 1.54) is 30.6 Å². The molecule has 3 aromatic rings. The van der Waals surface area contributed by atoms with Gasteiger partial charge in [0.2, 0.25) is 0 Å². The van der Waals surface area contributed by atoms with Crippen LogP contribution in [0.15, 0.2) is 53.7 Å². The van der Waals surface area contributed by atoms with E-state index in [2.05, 4.69) is 9.97 Å². The Labute approximate surface area is 170 Å². The molecule has 0 spiro atoms. The van der Waals surface area contributed by atoms with Gasteiger partial charge in [-0.2, -0.15) is 0 Å². The summed E-state index contributed by atoms with van der Waals surface area (Å²) in [5, 5.41) is 8.82. The first-order chi connectivity index (χ1) is 14.2. The minimum absolute atomic E-state index is 0.0157. The Balaban J connectivity index is 2.00. The van der Waals surface area contributed by atoms with Crippen molar-refractivity contribution < 1.29 is 31.8 Å². The number of rotatable bonds is 7. The van der Waals surface area contributed by atoms with Crippen LogP contribution in [0.5, 0.6) is 5.75 Å². The zero-order valence-corrected chi connectivity index (χ0v) is 16.3. The Morgan fingerprint density at radius 3 is 2.33 bits per heavy atom. The summed E-state index contributed by atoms with van der Waals surface area (Å²) in [5.41, 5.74) is -1.16. The summed E-state index contributed by atoms with van der Waals surface area (Å²) in [6.45, 7) is 1.81. The lowest BCUT2D eigenvalue weighted by Gasteiger charge is -2.14. The van der Waals surface area contributed by atoms with Crippen molar-refractivity contribution in [1.29, 1.82) is 0 Å². The van der Waals surface area contributed by atoms with Crippen LogP contribution in [0.25, 0.3) is 11.4 Å². The highest BCUT2D eigenvalue weighted by atomic mass is 32.2. The van der Waals surface area contributed by atoms with E-state index in [1.54, 1.807) is 13.0 Å². The van der Waals surface area contributed by atoms with Crippen LogP contribution in [-0.4, -0.2) is 36.1 Å². The second-order valence-electron chi connectivity index (χ2n) is 5.89. The molecule has 0 saturated carbocycles. The van der Waals surface area contributed by atoms with Gasteiger partial charge in [-0.1, -0.05) is 0 Å². The van der Waals surface area contributed by atoms with E-state index in [-0.39, 0.29) is 17.3 Å². The maximum Gasteiger partial charge on any atom is 0.341 e. The number of carboxylic acid groups (broad SMARTS) is 1. The van der Waals surface area contributed by atoms with Gasteiger partial charge < -0.3 is 9.84 Å². The predicted molar refractivity (Wildman–Crippen MR) is 103 cm³/mol. The van der Waals surface area contributed by atoms with Gasteiger partial charge >= 0.3 is 5.97 Å². The number of halogens is 2. The molecular formula is C19H15F2N3O5S. The minimum Gasteiger partial charge on any atom is -0.492 e. The highest BCUT2D eigenvalue weighted by Gasteiger charge is 2.24. The highest BCUT2D eigenvalue weighted by Crippen LogP contribution is 2.31. The molecule has 8 nitrogen and oxygen atoms in total. The van der Waals surface area contributed by atoms with Gasteiger partial charge in [-0.3, -0.25) is 4.72 Å². The van der Waals surface area contributed by atoms with Gasteiger partial charge in [0.25, 0.3) is 10.0 Å². The molecule has 0 aliphatic carbocycles. The second-order valence-corrected chi connectivity index (χ2v) is 7.54. The Bertz CT molecular complexity index is 1180. The van der Waals surface area contributed by atoms with Gasteiger partial charge in [-0.05, 0) is 43.3 Å². The molecular weight excluding hydrogens is 420 g/mol. The standard InChI is InChI=1S/C19H15F2N3O5S/c1-2-29-15-8-11(18-22-6-3-7-23-18)4-5-16(15)30(27,28)24-12-9-13(20)17(19(25)26)14(21)10-12/h3-10,24H,2H2,1H3,(H,25,26). The number of nitrogens with zero attached hydrogens (tertiary/aromatic N) is 2. The molecule has 156 valence electrons. The number of sulfonamides is 1. The number of anilines is 1. The molecule has 0 amide bonds. The van der Waals surface area contributed by atoms with Gasteiger partial charge in [-0.25, -0.2) is 32.0 Å². The smallest absolute Gasteiger partial charge is 0.341 e. The molecule has 0 saturated heterocycles. The van der Waals surface area contributed by atoms with Crippen molar-refractivity contribution in [3.8, 4) is 17.1 Å². The number of benzene rings is 2. The van der Waals surface area contributed by atoms with Crippen LogP contribution >= 0.6 is 0 Å². The van der Waals surface area contributed by atoms with Gasteiger partial charge in [0.15, 0.2) is 5.82 Å². The van der Waals surface area contributed by atoms with Crippen molar-refractivity contribution in [1.82, 2.24) is 9.97 Å². The summed E-state index contributed by atoms with van der Waals surface area (Å²) >= 11 is 0. The number of aromatic nitrogens is 2. The van der Waals surface area contributed by atoms with Crippen molar-refractivity contribution in [3.05, 3.63) is 66.0 Å². The van der Waals surface area contributed by atoms with E-state index >= 15 is 0 Å². The summed E-state index contributed by atoms with van der Waals surface area (Å²) in [7, 11) is -4.33. The first-order valence-corrected chi connectivity index (χ1v) is 10.0. The molecule has 0 unspecified atom stereocenters. The largest absolute Gasteiger partial charge is 0.492 e. The third-order valence-electron chi connectivity index (χ3n) is 3.87. The topological polar surface area (TPSA) is 118 Å². The highest BCUT2D eigenvalue weighted by molar-refractivity contribution is 7.92. The van der Waals surface area contributed by atoms with Crippen LogP contribution in [0, 0.1) is 11.6 Å². The summed E-state index contributed by atoms with van der Waals surface area (Å²) in [5.74, 6) is -4.30. The second kappa shape index (κ2) is 8.41. The molecule has 2 aromatic carbocycles. The van der Waals surface area contributed by atoms with Crippen LogP contribution in [0.2, 0.25) is 0 Å². The summed E-state index contributed by atoms with van der Waals surface area (Å²) in [6, 6.07) is 6.93. The molecule has 0 bridgehead atoms. The van der Waals surface area contributed by atoms with Gasteiger partial charge in [-0.15, -0.1) is 0 Å². The first-order valence-electron chi connectivity index (χ1n) is 8.52. The lowest BCUT2D eigenvalue weighted by molar-refractivity contribution is 0.0686. The van der Waals surface area contributed by atoms with Crippen molar-refractivity contribution in [2.24, 2.45) is 0 Å². The fourth-order valence-electron chi connectivity index (χ4n) is 2.63. The van der Waals surface area contributed by atoms with E-state index in [9.17, 15) is 22.0 Å². The molecule has 0 aliphatic rings. The molecule has 0 radical (unpaired) electrons. The molecule has 30 heavy (non-hydrogen) atoms. The molecule has 0 atom stereocenters. The number of ether oxygens (including phenoxy) is 1. The van der Waals surface area contributed by atoms with Gasteiger partial charge in [0.1, 0.15) is 27.8 Å². The Morgan fingerprint density at radius 2 is 1.77 bits per heavy atom. The Hall–Kier alpha value is -3.60. The monoisotopic (exact) mass is 435 g/mol. The molecule has 11 heteroatoms. The SMILES string of the molecule is CCOc1cc(-c2ncccn2)ccc1S(=O)(=O)Nc1cc(F)c(C(=O)O)c(F)c1. The zero-order chi connectivity index (χ0) is 21.9. The number of nitrogens with one attached hydrogen (secondary N) is 1. The first kappa shape index (κ1) is 21.1. The summed E-state index contributed by atoms with van der Waals surface area (Å²) in [4.78, 5) is 18.8. The maximum absolute atomic E-state index is 13.9. The number of carbonyl (C=O) groups is 1. The van der Waals surface area contributed by atoms with Crippen molar-refractivity contribution in [2.75, 3.05) is 11.3 Å². The molecule has 1 aromatic heterocycles. The number of hydrogen-bond donors (Lipinski definition) is 2. The number of aromatic carboxylic acids is 1. The minimum atomic E-state index is -4.33. The average Bonchev–Trinajstić information content (AvgIpc) is 2.67. The van der Waals surface area contributed by atoms with Crippen LogP contribution < -0.4 is 9.46 Å². The van der Waals surface area contributed by atoms with E-state index in [4.69, 9.17) is 9.84 Å². The molecule has 1 heterocycles. The zero-order valence-electron chi connectivity index (χ0n) is 15.5. The fourth-order valence-corrected chi connectivity index (χ4v) is 3.80. The number of hydrogen-bond acceptors (Lipinski definition) is 6. The van der Waals surface area contributed by atoms with Crippen LogP contribution in [0.4, 0.5) is 14.5 Å². The van der Waals surface area contributed by atoms with E-state index in [0.717, 1.165) is 0 Å². The van der Waals surface area contributed by atoms with Crippen molar-refractivity contribution in [3.63, 3.8) is 0 Å². The van der Waals surface area contributed by atoms with Crippen molar-refractivity contribution in [2.45, 2.75) is 11.8 Å². The van der Waals surface area contributed by atoms with Gasteiger partial charge in [0, 0.05) is 18.0 Å². The quantitative estimate of drug-likeness (QED) is 0.584. The molecule has 0 fully saturated rings. The van der Waals surface area contributed by atoms with Crippen LogP contribution in [-0.2, 0) is 10.0 Å². The number of carboxylic acids is 1. The average molecular weight is 435 g/mol. The lowest BCUT2D eigenvalue weighted by Crippen LogP contribution is -2.16. The van der Waals surface area contributed by atoms with E-state index in [1.807, 2.05) is 4.72 Å². The summed E-state index contributed by atoms with van der Waals surface area (Å²) < 4.78 is 60.8. The van der Waals surface area contributed by atoms with Crippen LogP contribution in [0.1, 0.15) is 17.3 Å². The van der Waals surface area contributed by atoms with Crippen LogP contribution in [0.3, 0.4) is 0 Å².